The second kappa shape index (κ2) is 8.47. The van der Waals surface area contributed by atoms with E-state index in [1.807, 2.05) is 30.3 Å². The summed E-state index contributed by atoms with van der Waals surface area (Å²) < 4.78 is 1.00. The lowest BCUT2D eigenvalue weighted by molar-refractivity contribution is -0.115. The van der Waals surface area contributed by atoms with Crippen LogP contribution in [0.3, 0.4) is 0 Å². The summed E-state index contributed by atoms with van der Waals surface area (Å²) in [5.41, 5.74) is 5.93. The fraction of sp³-hybridized carbons (Fsp3) is 0.360. The molecule has 0 unspecified atom stereocenters. The number of aryl methyl sites for hydroxylation is 1. The van der Waals surface area contributed by atoms with Crippen LogP contribution in [0.2, 0.25) is 0 Å². The zero-order valence-electron chi connectivity index (χ0n) is 18.6. The Morgan fingerprint density at radius 2 is 2.00 bits per heavy atom. The number of nitrogens with one attached hydrogen (secondary N) is 1. The Morgan fingerprint density at radius 1 is 1.29 bits per heavy atom. The number of thioether (sulfide) groups is 1. The van der Waals surface area contributed by atoms with Gasteiger partial charge in [-0.05, 0) is 111 Å². The molecule has 2 aromatic rings. The number of rotatable bonds is 3. The lowest BCUT2D eigenvalue weighted by Gasteiger charge is -2.47. The molecular weight excluding hydrogens is 470 g/mol. The molecule has 4 nitrogen and oxygen atoms in total. The Bertz CT molecular complexity index is 1090. The van der Waals surface area contributed by atoms with Crippen LogP contribution in [0.5, 0.6) is 0 Å². The Labute approximate surface area is 197 Å². The quantitative estimate of drug-likeness (QED) is 0.476. The van der Waals surface area contributed by atoms with E-state index in [1.54, 1.807) is 0 Å². The molecule has 6 heteroatoms. The molecule has 0 saturated carbocycles. The molecule has 31 heavy (non-hydrogen) atoms. The molecule has 1 N–H and O–H groups in total. The van der Waals surface area contributed by atoms with Crippen molar-refractivity contribution in [3.05, 3.63) is 62.5 Å². The molecule has 0 aromatic heterocycles. The number of anilines is 1. The molecule has 2 heterocycles. The van der Waals surface area contributed by atoms with E-state index in [0.717, 1.165) is 28.7 Å². The van der Waals surface area contributed by atoms with Gasteiger partial charge in [0.2, 0.25) is 0 Å². The topological polar surface area (TPSA) is 44.7 Å². The van der Waals surface area contributed by atoms with E-state index in [-0.39, 0.29) is 11.4 Å². The largest absolute Gasteiger partial charge is 0.366 e. The number of carbonyl (C=O) groups excluding carboxylic acids is 1. The highest BCUT2D eigenvalue weighted by atomic mass is 79.9. The predicted molar refractivity (Wildman–Crippen MR) is 136 cm³/mol. The number of hydrogen-bond donors (Lipinski definition) is 1. The summed E-state index contributed by atoms with van der Waals surface area (Å²) in [5.74, 6) is 0.382. The minimum absolute atomic E-state index is 0.0950. The monoisotopic (exact) mass is 497 g/mol. The number of nitrogens with zero attached hydrogens (tertiary/aromatic N) is 2. The van der Waals surface area contributed by atoms with Gasteiger partial charge in [0.1, 0.15) is 0 Å². The van der Waals surface area contributed by atoms with Crippen molar-refractivity contribution in [1.82, 2.24) is 5.32 Å². The first-order chi connectivity index (χ1) is 14.7. The van der Waals surface area contributed by atoms with Crippen molar-refractivity contribution in [1.29, 1.82) is 0 Å². The van der Waals surface area contributed by atoms with Gasteiger partial charge in [-0.15, -0.1) is 0 Å². The average molecular weight is 498 g/mol. The third-order valence-corrected chi connectivity index (χ3v) is 7.52. The summed E-state index contributed by atoms with van der Waals surface area (Å²) >= 11 is 4.82. The van der Waals surface area contributed by atoms with E-state index in [1.165, 1.54) is 28.6 Å². The molecule has 4 rings (SSSR count). The Morgan fingerprint density at radius 3 is 2.68 bits per heavy atom. The summed E-state index contributed by atoms with van der Waals surface area (Å²) in [5, 5.41) is 3.50. The van der Waals surface area contributed by atoms with Crippen molar-refractivity contribution in [3.8, 4) is 0 Å². The van der Waals surface area contributed by atoms with Crippen molar-refractivity contribution in [3.63, 3.8) is 0 Å². The average Bonchev–Trinajstić information content (AvgIpc) is 3.03. The zero-order valence-corrected chi connectivity index (χ0v) is 21.0. The van der Waals surface area contributed by atoms with Crippen LogP contribution >= 0.6 is 27.7 Å². The molecule has 0 spiro atoms. The molecule has 2 aliphatic rings. The summed E-state index contributed by atoms with van der Waals surface area (Å²) in [6, 6.07) is 12.3. The van der Waals surface area contributed by atoms with Crippen molar-refractivity contribution in [2.24, 2.45) is 4.99 Å². The lowest BCUT2D eigenvalue weighted by Crippen LogP contribution is -2.48. The van der Waals surface area contributed by atoms with Gasteiger partial charge in [0.25, 0.3) is 5.91 Å². The number of benzene rings is 2. The smallest absolute Gasteiger partial charge is 0.264 e. The third-order valence-electron chi connectivity index (χ3n) is 6.08. The van der Waals surface area contributed by atoms with E-state index in [4.69, 9.17) is 0 Å². The van der Waals surface area contributed by atoms with Gasteiger partial charge in [0.15, 0.2) is 5.17 Å². The summed E-state index contributed by atoms with van der Waals surface area (Å²) in [6.45, 7) is 12.3. The Hall–Kier alpha value is -2.05. The highest BCUT2D eigenvalue weighted by Gasteiger charge is 2.35. The highest BCUT2D eigenvalue weighted by molar-refractivity contribution is 9.10. The molecule has 0 radical (unpaired) electrons. The van der Waals surface area contributed by atoms with Crippen LogP contribution < -0.4 is 10.2 Å². The third kappa shape index (κ3) is 4.46. The molecule has 1 amide bonds. The van der Waals surface area contributed by atoms with Gasteiger partial charge in [-0.25, -0.2) is 4.99 Å². The fourth-order valence-corrected chi connectivity index (χ4v) is 5.76. The van der Waals surface area contributed by atoms with Crippen LogP contribution in [-0.2, 0) is 4.79 Å². The van der Waals surface area contributed by atoms with Gasteiger partial charge in [-0.2, -0.15) is 0 Å². The summed E-state index contributed by atoms with van der Waals surface area (Å²) in [4.78, 5) is 20.3. The first kappa shape index (κ1) is 22.2. The Kier molecular flexibility index (Phi) is 6.05. The van der Waals surface area contributed by atoms with E-state index in [2.05, 4.69) is 77.9 Å². The molecule has 2 aromatic carbocycles. The number of amidine groups is 1. The fourth-order valence-electron chi connectivity index (χ4n) is 4.66. The van der Waals surface area contributed by atoms with E-state index in [0.29, 0.717) is 16.0 Å². The molecule has 1 saturated heterocycles. The number of carbonyl (C=O) groups is 1. The van der Waals surface area contributed by atoms with Crippen LogP contribution in [0.25, 0.3) is 6.08 Å². The van der Waals surface area contributed by atoms with E-state index < -0.39 is 0 Å². The zero-order chi connectivity index (χ0) is 22.3. The highest BCUT2D eigenvalue weighted by Crippen LogP contribution is 2.44. The van der Waals surface area contributed by atoms with E-state index >= 15 is 0 Å². The van der Waals surface area contributed by atoms with Crippen LogP contribution in [0.15, 0.2) is 50.8 Å². The van der Waals surface area contributed by atoms with Crippen LogP contribution in [-0.4, -0.2) is 23.2 Å². The second-order valence-corrected chi connectivity index (χ2v) is 10.8. The molecule has 0 bridgehead atoms. The predicted octanol–water partition coefficient (Wildman–Crippen LogP) is 6.76. The first-order valence-electron chi connectivity index (χ1n) is 10.7. The maximum absolute atomic E-state index is 12.6. The van der Waals surface area contributed by atoms with Crippen LogP contribution in [0.1, 0.15) is 56.7 Å². The summed E-state index contributed by atoms with van der Waals surface area (Å²) in [6.07, 6.45) is 3.12. The molecular formula is C25H28BrN3OS. The number of halogens is 1. The number of amides is 1. The number of aliphatic imine (C=N–C) groups is 1. The minimum Gasteiger partial charge on any atom is -0.366 e. The first-order valence-corrected chi connectivity index (χ1v) is 12.3. The van der Waals surface area contributed by atoms with Crippen molar-refractivity contribution < 1.29 is 4.79 Å². The molecule has 1 fully saturated rings. The van der Waals surface area contributed by atoms with Gasteiger partial charge in [0.05, 0.1) is 10.6 Å². The Balaban J connectivity index is 1.66. The van der Waals surface area contributed by atoms with E-state index in [9.17, 15) is 4.79 Å². The molecule has 1 atom stereocenters. The van der Waals surface area contributed by atoms with Crippen molar-refractivity contribution in [2.45, 2.75) is 52.5 Å². The molecule has 162 valence electrons. The van der Waals surface area contributed by atoms with Gasteiger partial charge >= 0.3 is 0 Å². The lowest BCUT2D eigenvalue weighted by atomic mass is 9.79. The van der Waals surface area contributed by atoms with Gasteiger partial charge in [-0.3, -0.25) is 4.79 Å². The maximum atomic E-state index is 12.6. The van der Waals surface area contributed by atoms with Crippen molar-refractivity contribution >= 4 is 56.2 Å². The van der Waals surface area contributed by atoms with Crippen LogP contribution in [0, 0.1) is 6.92 Å². The minimum atomic E-state index is -0.0950. The van der Waals surface area contributed by atoms with Gasteiger partial charge in [0, 0.05) is 22.2 Å². The molecule has 0 aliphatic carbocycles. The van der Waals surface area contributed by atoms with Gasteiger partial charge < -0.3 is 10.2 Å². The van der Waals surface area contributed by atoms with Gasteiger partial charge in [-0.1, -0.05) is 22.9 Å². The normalized spacial score (nSPS) is 22.7. The van der Waals surface area contributed by atoms with Crippen LogP contribution in [0.4, 0.5) is 11.4 Å². The number of fused-ring (bicyclic) bond motifs is 1. The summed E-state index contributed by atoms with van der Waals surface area (Å²) in [7, 11) is 0. The SMILES string of the molecule is CCN1c2cc(C)c(/C=C3\SC(=Nc4ccc(Br)cc4)NC3=O)cc2[C@H](C)CC1(C)C. The standard InChI is InChI=1S/C25H28BrN3OS/c1-6-29-21-11-15(2)17(12-20(21)16(3)14-25(29,4)5)13-22-23(30)28-24(31-22)27-19-9-7-18(26)8-10-19/h7-13,16H,6,14H2,1-5H3,(H,27,28,30)/b22-13-/t16-/m1/s1. The second-order valence-electron chi connectivity index (χ2n) is 8.89. The molecule has 2 aliphatic heterocycles. The van der Waals surface area contributed by atoms with Crippen molar-refractivity contribution in [2.75, 3.05) is 11.4 Å². The maximum Gasteiger partial charge on any atom is 0.264 e. The number of hydrogen-bond acceptors (Lipinski definition) is 4.